The number of methoxy groups -OCH3 is 1. The van der Waals surface area contributed by atoms with E-state index in [1.165, 1.54) is 13.2 Å². The molecule has 16 heteroatoms. The summed E-state index contributed by atoms with van der Waals surface area (Å²) in [7, 11) is -4.44. The largest absolute Gasteiger partial charge is 0.501 e. The molecule has 0 spiro atoms. The topological polar surface area (TPSA) is 148 Å². The van der Waals surface area contributed by atoms with Crippen LogP contribution in [0, 0.1) is 17.7 Å². The number of benzene rings is 3. The quantitative estimate of drug-likeness (QED) is 0.119. The molecule has 266 valence electrons. The standard InChI is InChI=1S/C34H31BrF4N2O8S/c1-32(2,31(44)45)20-7-4-6-18(12-20)17-49-26-14-23(25(48-3)15-24(26)36)29(42)41-28-19-10-11-33(35,16-19)27(28)30(43)40-21-8-5-9-22(13-21)50(46,47)34(37,38)39/h4-15,19,27-28H,16-17H2,1-3H3,(H,40,43)(H,41,42)(H,44,45)/t19-,27-,28+,33-/m0/s1. The number of carbonyl (C=O) groups excluding carboxylic acids is 2. The van der Waals surface area contributed by atoms with Gasteiger partial charge in [0.2, 0.25) is 5.91 Å². The van der Waals surface area contributed by atoms with Crippen molar-refractivity contribution in [1.29, 1.82) is 0 Å². The number of rotatable bonds is 11. The number of fused-ring (bicyclic) bond motifs is 2. The molecule has 10 nitrogen and oxygen atoms in total. The van der Waals surface area contributed by atoms with Gasteiger partial charge in [0.15, 0.2) is 11.6 Å². The van der Waals surface area contributed by atoms with Crippen molar-refractivity contribution in [3.05, 3.63) is 95.3 Å². The Morgan fingerprint density at radius 3 is 2.40 bits per heavy atom. The molecule has 0 radical (unpaired) electrons. The minimum absolute atomic E-state index is 0.121. The number of carboxylic acid groups (broad SMARTS) is 1. The van der Waals surface area contributed by atoms with E-state index in [-0.39, 0.29) is 35.3 Å². The van der Waals surface area contributed by atoms with E-state index in [9.17, 15) is 41.1 Å². The highest BCUT2D eigenvalue weighted by Crippen LogP contribution is 2.53. The lowest BCUT2D eigenvalue weighted by molar-refractivity contribution is -0.142. The van der Waals surface area contributed by atoms with Gasteiger partial charge in [-0.25, -0.2) is 12.8 Å². The maximum atomic E-state index is 15.1. The average Bonchev–Trinajstić information content (AvgIpc) is 3.57. The zero-order valence-electron chi connectivity index (χ0n) is 26.7. The molecule has 4 atom stereocenters. The Hall–Kier alpha value is -4.44. The monoisotopic (exact) mass is 782 g/mol. The number of hydrogen-bond donors (Lipinski definition) is 3. The molecule has 2 aliphatic carbocycles. The van der Waals surface area contributed by atoms with Crippen LogP contribution in [0.4, 0.5) is 23.2 Å². The fourth-order valence-electron chi connectivity index (χ4n) is 6.03. The summed E-state index contributed by atoms with van der Waals surface area (Å²) < 4.78 is 88.4. The van der Waals surface area contributed by atoms with Crippen LogP contribution in [0.25, 0.3) is 0 Å². The Morgan fingerprint density at radius 1 is 1.04 bits per heavy atom. The summed E-state index contributed by atoms with van der Waals surface area (Å²) in [5, 5.41) is 14.9. The first kappa shape index (κ1) is 36.8. The van der Waals surface area contributed by atoms with Crippen LogP contribution in [-0.2, 0) is 31.4 Å². The van der Waals surface area contributed by atoms with E-state index < -0.39 is 65.5 Å². The molecule has 5 rings (SSSR count). The number of alkyl halides is 4. The molecule has 0 aromatic heterocycles. The first-order valence-corrected chi connectivity index (χ1v) is 17.3. The molecular weight excluding hydrogens is 752 g/mol. The second kappa shape index (κ2) is 13.4. The smallest absolute Gasteiger partial charge is 0.496 e. The van der Waals surface area contributed by atoms with Crippen LogP contribution in [0.2, 0.25) is 0 Å². The van der Waals surface area contributed by atoms with Crippen LogP contribution in [0.15, 0.2) is 77.7 Å². The number of carbonyl (C=O) groups is 3. The van der Waals surface area contributed by atoms with Gasteiger partial charge in [-0.3, -0.25) is 14.4 Å². The third-order valence-electron chi connectivity index (χ3n) is 8.88. The molecule has 0 saturated heterocycles. The minimum atomic E-state index is -5.67. The highest BCUT2D eigenvalue weighted by molar-refractivity contribution is 9.10. The summed E-state index contributed by atoms with van der Waals surface area (Å²) in [6.07, 6.45) is 3.92. The lowest BCUT2D eigenvalue weighted by Crippen LogP contribution is -2.50. The first-order valence-electron chi connectivity index (χ1n) is 15.0. The molecule has 0 unspecified atom stereocenters. The van der Waals surface area contributed by atoms with Crippen LogP contribution in [0.3, 0.4) is 0 Å². The molecule has 0 aliphatic heterocycles. The number of aliphatic carboxylic acids is 1. The predicted molar refractivity (Wildman–Crippen MR) is 176 cm³/mol. The summed E-state index contributed by atoms with van der Waals surface area (Å²) in [6.45, 7) is 2.93. The number of nitrogens with one attached hydrogen (secondary N) is 2. The van der Waals surface area contributed by atoms with E-state index in [0.717, 1.165) is 24.3 Å². The number of carboxylic acids is 1. The molecule has 3 aromatic carbocycles. The van der Waals surface area contributed by atoms with Gasteiger partial charge < -0.3 is 25.2 Å². The summed E-state index contributed by atoms with van der Waals surface area (Å²) in [6, 6.07) is 11.6. The number of amides is 2. The number of anilines is 1. The fraction of sp³-hybridized carbons (Fsp3) is 0.324. The number of hydrogen-bond acceptors (Lipinski definition) is 7. The number of allylic oxidation sites excluding steroid dienone is 1. The van der Waals surface area contributed by atoms with Gasteiger partial charge in [-0.1, -0.05) is 58.4 Å². The highest BCUT2D eigenvalue weighted by Gasteiger charge is 2.57. The zero-order valence-corrected chi connectivity index (χ0v) is 29.1. The van der Waals surface area contributed by atoms with Crippen molar-refractivity contribution in [3.8, 4) is 11.5 Å². The van der Waals surface area contributed by atoms with E-state index in [4.69, 9.17) is 9.47 Å². The molecule has 1 saturated carbocycles. The SMILES string of the molecule is COc1cc(F)c(OCc2cccc(C(C)(C)C(=O)O)c2)cc1C(=O)N[C@H]1[C@@H](C(=O)Nc2cccc(S(=O)(=O)C(F)(F)F)c2)[C@]2(Br)C=C[C@H]1C2. The number of halogens is 5. The molecule has 3 N–H and O–H groups in total. The molecule has 2 amide bonds. The zero-order chi connectivity index (χ0) is 36.8. The van der Waals surface area contributed by atoms with Gasteiger partial charge in [0.1, 0.15) is 12.4 Å². The van der Waals surface area contributed by atoms with Crippen molar-refractivity contribution in [2.75, 3.05) is 12.4 Å². The van der Waals surface area contributed by atoms with E-state index in [1.54, 1.807) is 50.3 Å². The van der Waals surface area contributed by atoms with Gasteiger partial charge in [0, 0.05) is 17.8 Å². The average molecular weight is 784 g/mol. The normalized spacial score (nSPS) is 21.5. The number of ether oxygens (including phenoxy) is 2. The highest BCUT2D eigenvalue weighted by atomic mass is 79.9. The van der Waals surface area contributed by atoms with Crippen LogP contribution in [0.1, 0.15) is 41.8 Å². The second-order valence-electron chi connectivity index (χ2n) is 12.5. The van der Waals surface area contributed by atoms with Gasteiger partial charge >= 0.3 is 11.5 Å². The lowest BCUT2D eigenvalue weighted by Gasteiger charge is -2.32. The third kappa shape index (κ3) is 6.95. The molecule has 0 heterocycles. The van der Waals surface area contributed by atoms with Crippen molar-refractivity contribution in [1.82, 2.24) is 5.32 Å². The molecule has 2 aliphatic rings. The predicted octanol–water partition coefficient (Wildman–Crippen LogP) is 6.15. The van der Waals surface area contributed by atoms with Gasteiger partial charge in [-0.05, 0) is 61.6 Å². The molecule has 3 aromatic rings. The summed E-state index contributed by atoms with van der Waals surface area (Å²) in [4.78, 5) is 38.0. The Kier molecular flexibility index (Phi) is 9.84. The van der Waals surface area contributed by atoms with Gasteiger partial charge in [0.05, 0.1) is 33.2 Å². The van der Waals surface area contributed by atoms with Gasteiger partial charge in [-0.15, -0.1) is 0 Å². The van der Waals surface area contributed by atoms with Gasteiger partial charge in [0.25, 0.3) is 15.7 Å². The number of sulfone groups is 1. The van der Waals surface area contributed by atoms with Crippen LogP contribution >= 0.6 is 15.9 Å². The van der Waals surface area contributed by atoms with Crippen LogP contribution in [-0.4, -0.2) is 54.3 Å². The first-order chi connectivity index (χ1) is 23.3. The van der Waals surface area contributed by atoms with Crippen molar-refractivity contribution >= 4 is 49.2 Å². The van der Waals surface area contributed by atoms with E-state index in [0.29, 0.717) is 23.6 Å². The summed E-state index contributed by atoms with van der Waals surface area (Å²) >= 11 is 3.57. The second-order valence-corrected chi connectivity index (χ2v) is 15.9. The Bertz CT molecular complexity index is 2000. The molecular formula is C34H31BrF4N2O8S. The van der Waals surface area contributed by atoms with Crippen molar-refractivity contribution in [3.63, 3.8) is 0 Å². The van der Waals surface area contributed by atoms with Crippen LogP contribution < -0.4 is 20.1 Å². The van der Waals surface area contributed by atoms with E-state index in [2.05, 4.69) is 26.6 Å². The maximum Gasteiger partial charge on any atom is 0.501 e. The lowest BCUT2D eigenvalue weighted by atomic mass is 9.84. The Balaban J connectivity index is 1.37. The molecule has 1 fully saturated rings. The van der Waals surface area contributed by atoms with E-state index in [1.807, 2.05) is 0 Å². The maximum absolute atomic E-state index is 15.1. The Morgan fingerprint density at radius 2 is 1.74 bits per heavy atom. The van der Waals surface area contributed by atoms with Crippen molar-refractivity contribution < 1.29 is 54.9 Å². The molecule has 50 heavy (non-hydrogen) atoms. The molecule has 2 bridgehead atoms. The van der Waals surface area contributed by atoms with E-state index >= 15 is 4.39 Å². The van der Waals surface area contributed by atoms with Gasteiger partial charge in [-0.2, -0.15) is 13.2 Å². The van der Waals surface area contributed by atoms with Crippen molar-refractivity contribution in [2.24, 2.45) is 11.8 Å². The van der Waals surface area contributed by atoms with Crippen molar-refractivity contribution in [2.45, 2.75) is 53.1 Å². The summed E-state index contributed by atoms with van der Waals surface area (Å²) in [5.41, 5.74) is -6.01. The fourth-order valence-corrected chi connectivity index (χ4v) is 7.85. The minimum Gasteiger partial charge on any atom is -0.496 e. The summed E-state index contributed by atoms with van der Waals surface area (Å²) in [5.74, 6) is -5.10. The third-order valence-corrected chi connectivity index (χ3v) is 11.4. The Labute approximate surface area is 292 Å². The van der Waals surface area contributed by atoms with Crippen LogP contribution in [0.5, 0.6) is 11.5 Å².